The van der Waals surface area contributed by atoms with E-state index in [1.54, 1.807) is 0 Å². The van der Waals surface area contributed by atoms with Gasteiger partial charge in [-0.2, -0.15) is 0 Å². The summed E-state index contributed by atoms with van der Waals surface area (Å²) in [6.07, 6.45) is 0.884. The average molecular weight is 470 g/mol. The molecule has 3 N–H and O–H groups in total. The minimum Gasteiger partial charge on any atom is -0.399 e. The standard InChI is InChI=1S/C29H35N5O/c1-22(21-33-19-17-32(18-20-33)16-15-23-11-13-25(30)14-12-23)34-27-10-6-5-9-26(27)29(35)31-28(34)24-7-3-2-4-8-24/h2-14,22,28H,15-21,30H2,1H3,(H,31,35). The second kappa shape index (κ2) is 10.5. The molecule has 0 saturated carbocycles. The molecule has 2 aliphatic rings. The van der Waals surface area contributed by atoms with Crippen molar-refractivity contribution in [3.8, 4) is 0 Å². The molecule has 0 aliphatic carbocycles. The Morgan fingerprint density at radius 1 is 0.886 bits per heavy atom. The van der Waals surface area contributed by atoms with Crippen LogP contribution in [0.5, 0.6) is 0 Å². The van der Waals surface area contributed by atoms with Crippen LogP contribution < -0.4 is 16.0 Å². The van der Waals surface area contributed by atoms with Crippen molar-refractivity contribution < 1.29 is 4.79 Å². The van der Waals surface area contributed by atoms with E-state index in [1.807, 2.05) is 48.5 Å². The number of benzene rings is 3. The predicted molar refractivity (Wildman–Crippen MR) is 142 cm³/mol. The van der Waals surface area contributed by atoms with Gasteiger partial charge in [-0.1, -0.05) is 54.6 Å². The summed E-state index contributed by atoms with van der Waals surface area (Å²) in [7, 11) is 0. The highest BCUT2D eigenvalue weighted by Gasteiger charge is 2.35. The molecule has 1 saturated heterocycles. The molecule has 0 bridgehead atoms. The third-order valence-corrected chi connectivity index (χ3v) is 7.25. The second-order valence-corrected chi connectivity index (χ2v) is 9.69. The number of anilines is 2. The lowest BCUT2D eigenvalue weighted by Gasteiger charge is -2.45. The van der Waals surface area contributed by atoms with Gasteiger partial charge in [-0.3, -0.25) is 9.69 Å². The van der Waals surface area contributed by atoms with Crippen LogP contribution >= 0.6 is 0 Å². The Morgan fingerprint density at radius 2 is 1.54 bits per heavy atom. The highest BCUT2D eigenvalue weighted by Crippen LogP contribution is 2.35. The van der Waals surface area contributed by atoms with Gasteiger partial charge < -0.3 is 20.9 Å². The number of carbonyl (C=O) groups excluding carboxylic acids is 1. The Labute approximate surface area is 208 Å². The molecule has 3 aromatic carbocycles. The van der Waals surface area contributed by atoms with Crippen LogP contribution in [0.15, 0.2) is 78.9 Å². The van der Waals surface area contributed by atoms with E-state index in [1.165, 1.54) is 5.56 Å². The fraction of sp³-hybridized carbons (Fsp3) is 0.345. The van der Waals surface area contributed by atoms with Gasteiger partial charge >= 0.3 is 0 Å². The topological polar surface area (TPSA) is 64.8 Å². The third kappa shape index (κ3) is 5.34. The molecule has 2 unspecified atom stereocenters. The fourth-order valence-electron chi connectivity index (χ4n) is 5.30. The van der Waals surface area contributed by atoms with Gasteiger partial charge in [-0.05, 0) is 48.7 Å². The number of rotatable bonds is 7. The summed E-state index contributed by atoms with van der Waals surface area (Å²) in [5.74, 6) is -0.00683. The zero-order valence-electron chi connectivity index (χ0n) is 20.4. The minimum atomic E-state index is -0.171. The van der Waals surface area contributed by atoms with Crippen molar-refractivity contribution in [1.82, 2.24) is 15.1 Å². The summed E-state index contributed by atoms with van der Waals surface area (Å²) in [5.41, 5.74) is 10.8. The van der Waals surface area contributed by atoms with Crippen molar-refractivity contribution in [2.75, 3.05) is 49.9 Å². The quantitative estimate of drug-likeness (QED) is 0.516. The van der Waals surface area contributed by atoms with Crippen LogP contribution in [0.3, 0.4) is 0 Å². The Hall–Kier alpha value is -3.35. The molecule has 5 rings (SSSR count). The lowest BCUT2D eigenvalue weighted by Crippen LogP contribution is -2.55. The van der Waals surface area contributed by atoms with E-state index in [0.717, 1.165) is 68.2 Å². The van der Waals surface area contributed by atoms with Crippen LogP contribution in [0.2, 0.25) is 0 Å². The Kier molecular flexibility index (Phi) is 7.02. The second-order valence-electron chi connectivity index (χ2n) is 9.69. The monoisotopic (exact) mass is 469 g/mol. The number of nitrogens with zero attached hydrogens (tertiary/aromatic N) is 3. The van der Waals surface area contributed by atoms with Crippen molar-refractivity contribution in [2.45, 2.75) is 25.6 Å². The molecule has 35 heavy (non-hydrogen) atoms. The average Bonchev–Trinajstić information content (AvgIpc) is 2.89. The number of para-hydroxylation sites is 1. The van der Waals surface area contributed by atoms with E-state index in [9.17, 15) is 4.79 Å². The normalized spacial score (nSPS) is 19.7. The number of amides is 1. The fourth-order valence-corrected chi connectivity index (χ4v) is 5.30. The SMILES string of the molecule is CC(CN1CCN(CCc2ccc(N)cc2)CC1)N1c2ccccc2C(=O)NC1c1ccccc1. The van der Waals surface area contributed by atoms with Crippen LogP contribution in [0.4, 0.5) is 11.4 Å². The van der Waals surface area contributed by atoms with Gasteiger partial charge in [0.05, 0.1) is 11.3 Å². The molecule has 6 nitrogen and oxygen atoms in total. The highest BCUT2D eigenvalue weighted by molar-refractivity contribution is 6.02. The first-order chi connectivity index (χ1) is 17.1. The highest BCUT2D eigenvalue weighted by atomic mass is 16.2. The summed E-state index contributed by atoms with van der Waals surface area (Å²) in [4.78, 5) is 20.4. The van der Waals surface area contributed by atoms with Gasteiger partial charge in [-0.25, -0.2) is 0 Å². The summed E-state index contributed by atoms with van der Waals surface area (Å²) in [5, 5.41) is 3.25. The molecule has 3 aromatic rings. The van der Waals surface area contributed by atoms with Gasteiger partial charge in [-0.15, -0.1) is 0 Å². The summed E-state index contributed by atoms with van der Waals surface area (Å²) >= 11 is 0. The number of hydrogen-bond acceptors (Lipinski definition) is 5. The lowest BCUT2D eigenvalue weighted by atomic mass is 10.0. The molecule has 1 amide bonds. The summed E-state index contributed by atoms with van der Waals surface area (Å²) < 4.78 is 0. The number of nitrogens with one attached hydrogen (secondary N) is 1. The number of carbonyl (C=O) groups is 1. The molecule has 6 heteroatoms. The van der Waals surface area contributed by atoms with Crippen molar-refractivity contribution in [1.29, 1.82) is 0 Å². The van der Waals surface area contributed by atoms with E-state index < -0.39 is 0 Å². The molecular formula is C29H35N5O. The van der Waals surface area contributed by atoms with Crippen LogP contribution in [-0.2, 0) is 6.42 Å². The maximum absolute atomic E-state index is 12.9. The Balaban J connectivity index is 1.23. The van der Waals surface area contributed by atoms with E-state index in [2.05, 4.69) is 57.3 Å². The zero-order chi connectivity index (χ0) is 24.2. The zero-order valence-corrected chi connectivity index (χ0v) is 20.4. The van der Waals surface area contributed by atoms with Crippen LogP contribution in [0.1, 0.15) is 34.6 Å². The minimum absolute atomic E-state index is 0.00683. The molecule has 1 fully saturated rings. The number of nitrogen functional groups attached to an aromatic ring is 1. The summed E-state index contributed by atoms with van der Waals surface area (Å²) in [6.45, 7) is 8.59. The Bertz CT molecular complexity index is 1130. The van der Waals surface area contributed by atoms with Crippen LogP contribution in [-0.4, -0.2) is 61.0 Å². The van der Waals surface area contributed by atoms with E-state index in [-0.39, 0.29) is 18.1 Å². The van der Waals surface area contributed by atoms with Crippen molar-refractivity contribution in [3.05, 3.63) is 95.6 Å². The molecular weight excluding hydrogens is 434 g/mol. The molecule has 0 spiro atoms. The van der Waals surface area contributed by atoms with Gasteiger partial charge in [0.1, 0.15) is 6.17 Å². The van der Waals surface area contributed by atoms with E-state index in [4.69, 9.17) is 5.73 Å². The predicted octanol–water partition coefficient (Wildman–Crippen LogP) is 3.77. The molecule has 182 valence electrons. The van der Waals surface area contributed by atoms with E-state index >= 15 is 0 Å². The van der Waals surface area contributed by atoms with Crippen LogP contribution in [0, 0.1) is 0 Å². The Morgan fingerprint density at radius 3 is 2.29 bits per heavy atom. The molecule has 0 radical (unpaired) electrons. The van der Waals surface area contributed by atoms with Crippen molar-refractivity contribution >= 4 is 17.3 Å². The first-order valence-corrected chi connectivity index (χ1v) is 12.6. The van der Waals surface area contributed by atoms with Crippen LogP contribution in [0.25, 0.3) is 0 Å². The molecule has 2 atom stereocenters. The van der Waals surface area contributed by atoms with Gasteiger partial charge in [0.2, 0.25) is 0 Å². The molecule has 0 aromatic heterocycles. The number of fused-ring (bicyclic) bond motifs is 1. The van der Waals surface area contributed by atoms with Gasteiger partial charge in [0, 0.05) is 51.0 Å². The van der Waals surface area contributed by atoms with Gasteiger partial charge in [0.15, 0.2) is 0 Å². The lowest BCUT2D eigenvalue weighted by molar-refractivity contribution is 0.0917. The summed E-state index contributed by atoms with van der Waals surface area (Å²) in [6, 6.07) is 26.7. The van der Waals surface area contributed by atoms with Crippen molar-refractivity contribution in [3.63, 3.8) is 0 Å². The molecule has 2 heterocycles. The first-order valence-electron chi connectivity index (χ1n) is 12.6. The number of piperazine rings is 1. The van der Waals surface area contributed by atoms with E-state index in [0.29, 0.717) is 0 Å². The number of nitrogens with two attached hydrogens (primary N) is 1. The van der Waals surface area contributed by atoms with Crippen molar-refractivity contribution in [2.24, 2.45) is 0 Å². The smallest absolute Gasteiger partial charge is 0.255 e. The van der Waals surface area contributed by atoms with Gasteiger partial charge in [0.25, 0.3) is 5.91 Å². The number of hydrogen-bond donors (Lipinski definition) is 2. The first kappa shape index (κ1) is 23.4. The maximum atomic E-state index is 12.9. The third-order valence-electron chi connectivity index (χ3n) is 7.25. The maximum Gasteiger partial charge on any atom is 0.255 e. The largest absolute Gasteiger partial charge is 0.399 e. The molecule has 2 aliphatic heterocycles.